The second-order valence-electron chi connectivity index (χ2n) is 8.18. The van der Waals surface area contributed by atoms with Crippen LogP contribution in [0.5, 0.6) is 0 Å². The maximum Gasteiger partial charge on any atom is 0.267 e. The first-order valence-corrected chi connectivity index (χ1v) is 12.6. The van der Waals surface area contributed by atoms with Gasteiger partial charge >= 0.3 is 0 Å². The lowest BCUT2D eigenvalue weighted by atomic mass is 9.97. The molecule has 4 nitrogen and oxygen atoms in total. The van der Waals surface area contributed by atoms with Crippen molar-refractivity contribution in [2.24, 2.45) is 0 Å². The molecule has 30 heavy (non-hydrogen) atoms. The number of halogens is 1. The van der Waals surface area contributed by atoms with Crippen LogP contribution in [0, 0.1) is 6.92 Å². The van der Waals surface area contributed by atoms with Crippen LogP contribution in [0.4, 0.5) is 0 Å². The van der Waals surface area contributed by atoms with Gasteiger partial charge in [0.15, 0.2) is 5.16 Å². The molecule has 1 saturated carbocycles. The van der Waals surface area contributed by atoms with E-state index in [1.807, 2.05) is 25.1 Å². The van der Waals surface area contributed by atoms with Crippen LogP contribution in [0.1, 0.15) is 54.5 Å². The van der Waals surface area contributed by atoms with E-state index in [4.69, 9.17) is 16.6 Å². The Morgan fingerprint density at radius 3 is 2.73 bits per heavy atom. The molecule has 1 aromatic carbocycles. The Morgan fingerprint density at radius 2 is 1.93 bits per heavy atom. The molecule has 3 aromatic rings. The summed E-state index contributed by atoms with van der Waals surface area (Å²) < 4.78 is 1.68. The summed E-state index contributed by atoms with van der Waals surface area (Å²) in [5.74, 6) is 0.263. The van der Waals surface area contributed by atoms with Crippen molar-refractivity contribution < 1.29 is 4.79 Å². The van der Waals surface area contributed by atoms with Crippen molar-refractivity contribution in [3.63, 3.8) is 0 Å². The average Bonchev–Trinajstić information content (AvgIpc) is 3.11. The molecule has 1 unspecified atom stereocenters. The molecule has 1 atom stereocenters. The van der Waals surface area contributed by atoms with E-state index in [9.17, 15) is 9.59 Å². The summed E-state index contributed by atoms with van der Waals surface area (Å²) in [6.45, 7) is 1.95. The Kier molecular flexibility index (Phi) is 5.50. The number of carbonyl (C=O) groups excluding carboxylic acids is 1. The Labute approximate surface area is 188 Å². The number of Topliss-reactive ketones (excluding diaryl/α,β-unsaturated/α-hetero) is 1. The van der Waals surface area contributed by atoms with Crippen molar-refractivity contribution in [2.75, 3.05) is 0 Å². The number of fused-ring (bicyclic) bond motifs is 3. The smallest absolute Gasteiger partial charge is 0.267 e. The van der Waals surface area contributed by atoms with Crippen LogP contribution in [0.3, 0.4) is 0 Å². The monoisotopic (exact) mass is 458 g/mol. The van der Waals surface area contributed by atoms with Gasteiger partial charge in [0.05, 0.1) is 16.3 Å². The number of aryl methyl sites for hydroxylation is 3. The lowest BCUT2D eigenvalue weighted by Gasteiger charge is -2.21. The highest BCUT2D eigenvalue weighted by molar-refractivity contribution is 8.00. The van der Waals surface area contributed by atoms with E-state index >= 15 is 0 Å². The van der Waals surface area contributed by atoms with Gasteiger partial charge in [0.25, 0.3) is 5.56 Å². The molecule has 2 aliphatic rings. The van der Waals surface area contributed by atoms with Crippen LogP contribution >= 0.6 is 34.7 Å². The molecule has 0 bridgehead atoms. The van der Waals surface area contributed by atoms with E-state index in [0.717, 1.165) is 54.3 Å². The summed E-state index contributed by atoms with van der Waals surface area (Å²) in [7, 11) is 0. The molecule has 156 valence electrons. The molecule has 2 aromatic heterocycles. The van der Waals surface area contributed by atoms with Gasteiger partial charge < -0.3 is 0 Å². The largest absolute Gasteiger partial charge is 0.298 e. The minimum Gasteiger partial charge on any atom is -0.298 e. The predicted octanol–water partition coefficient (Wildman–Crippen LogP) is 5.89. The quantitative estimate of drug-likeness (QED) is 0.459. The van der Waals surface area contributed by atoms with Crippen molar-refractivity contribution >= 4 is 50.7 Å². The highest BCUT2D eigenvalue weighted by Gasteiger charge is 2.28. The Morgan fingerprint density at radius 1 is 1.13 bits per heavy atom. The summed E-state index contributed by atoms with van der Waals surface area (Å²) in [4.78, 5) is 33.3. The number of nitrogens with zero attached hydrogens (tertiary/aromatic N) is 2. The minimum absolute atomic E-state index is 0.0370. The number of thioether (sulfide) groups is 1. The zero-order valence-electron chi connectivity index (χ0n) is 16.9. The van der Waals surface area contributed by atoms with Gasteiger partial charge in [-0.05, 0) is 68.7 Å². The lowest BCUT2D eigenvalue weighted by molar-refractivity contribution is -0.119. The standard InChI is InChI=1S/C23H23ClN2O2S2/c1-13-10-11-14(12-16(13)24)26-22(28)20-15-6-2-4-8-18(15)29-21(20)25-23(26)30-19-9-5-3-7-17(19)27/h10-12,19H,2-9H2,1H3. The maximum atomic E-state index is 13.8. The van der Waals surface area contributed by atoms with E-state index in [1.54, 1.807) is 15.9 Å². The van der Waals surface area contributed by atoms with Crippen LogP contribution in [0.25, 0.3) is 15.9 Å². The van der Waals surface area contributed by atoms with Crippen molar-refractivity contribution in [2.45, 2.75) is 68.7 Å². The zero-order chi connectivity index (χ0) is 20.8. The third-order valence-electron chi connectivity index (χ3n) is 6.12. The molecule has 2 heterocycles. The van der Waals surface area contributed by atoms with Gasteiger partial charge in [0.2, 0.25) is 0 Å². The third kappa shape index (κ3) is 3.53. The second-order valence-corrected chi connectivity index (χ2v) is 10.8. The molecule has 0 amide bonds. The molecule has 0 N–H and O–H groups in total. The molecule has 0 aliphatic heterocycles. The number of ketones is 1. The fourth-order valence-corrected chi connectivity index (χ4v) is 7.13. The van der Waals surface area contributed by atoms with Crippen LogP contribution in [0.15, 0.2) is 28.2 Å². The van der Waals surface area contributed by atoms with Crippen LogP contribution in [-0.2, 0) is 17.6 Å². The minimum atomic E-state index is -0.134. The van der Waals surface area contributed by atoms with Crippen LogP contribution < -0.4 is 5.56 Å². The molecule has 5 rings (SSSR count). The van der Waals surface area contributed by atoms with Crippen molar-refractivity contribution in [1.29, 1.82) is 0 Å². The predicted molar refractivity (Wildman–Crippen MR) is 125 cm³/mol. The number of carbonyl (C=O) groups is 1. The van der Waals surface area contributed by atoms with E-state index in [0.29, 0.717) is 22.3 Å². The van der Waals surface area contributed by atoms with Crippen molar-refractivity contribution in [1.82, 2.24) is 9.55 Å². The van der Waals surface area contributed by atoms with Crippen molar-refractivity contribution in [3.8, 4) is 5.69 Å². The van der Waals surface area contributed by atoms with E-state index < -0.39 is 0 Å². The fraction of sp³-hybridized carbons (Fsp3) is 0.435. The van der Waals surface area contributed by atoms with Gasteiger partial charge in [0, 0.05) is 16.3 Å². The Bertz CT molecular complexity index is 1210. The average molecular weight is 459 g/mol. The number of rotatable bonds is 3. The van der Waals surface area contributed by atoms with E-state index in [-0.39, 0.29) is 16.6 Å². The maximum absolute atomic E-state index is 13.8. The first-order chi connectivity index (χ1) is 14.5. The van der Waals surface area contributed by atoms with Gasteiger partial charge in [-0.2, -0.15) is 0 Å². The highest BCUT2D eigenvalue weighted by Crippen LogP contribution is 2.37. The van der Waals surface area contributed by atoms with Gasteiger partial charge in [-0.15, -0.1) is 11.3 Å². The Balaban J connectivity index is 1.73. The summed E-state index contributed by atoms with van der Waals surface area (Å²) in [5.41, 5.74) is 2.82. The topological polar surface area (TPSA) is 52.0 Å². The van der Waals surface area contributed by atoms with E-state index in [2.05, 4.69) is 0 Å². The third-order valence-corrected chi connectivity index (χ3v) is 8.98. The molecule has 2 aliphatic carbocycles. The van der Waals surface area contributed by atoms with Crippen LogP contribution in [-0.4, -0.2) is 20.6 Å². The number of benzene rings is 1. The summed E-state index contributed by atoms with van der Waals surface area (Å²) >= 11 is 9.50. The molecule has 1 fully saturated rings. The first-order valence-electron chi connectivity index (χ1n) is 10.6. The fourth-order valence-electron chi connectivity index (χ4n) is 4.42. The molecular weight excluding hydrogens is 436 g/mol. The van der Waals surface area contributed by atoms with Crippen molar-refractivity contribution in [3.05, 3.63) is 49.6 Å². The summed E-state index contributed by atoms with van der Waals surface area (Å²) in [6, 6.07) is 5.68. The van der Waals surface area contributed by atoms with Gasteiger partial charge in [-0.25, -0.2) is 4.98 Å². The Hall–Kier alpha value is -1.63. The number of thiophene rings is 1. The summed E-state index contributed by atoms with van der Waals surface area (Å²) in [5, 5.41) is 1.85. The SMILES string of the molecule is Cc1ccc(-n2c(SC3CCCCC3=O)nc3sc4c(c3c2=O)CCCC4)cc1Cl. The van der Waals surface area contributed by atoms with Crippen LogP contribution in [0.2, 0.25) is 5.02 Å². The molecule has 0 radical (unpaired) electrons. The molecule has 7 heteroatoms. The first kappa shape index (κ1) is 20.3. The second kappa shape index (κ2) is 8.13. The normalized spacial score (nSPS) is 19.3. The number of hydrogen-bond acceptors (Lipinski definition) is 5. The molecular formula is C23H23ClN2O2S2. The highest BCUT2D eigenvalue weighted by atomic mass is 35.5. The van der Waals surface area contributed by atoms with E-state index in [1.165, 1.54) is 28.6 Å². The molecule has 0 spiro atoms. The molecule has 0 saturated heterocycles. The summed E-state index contributed by atoms with van der Waals surface area (Å²) in [6.07, 6.45) is 7.70. The van der Waals surface area contributed by atoms with Gasteiger partial charge in [-0.3, -0.25) is 14.2 Å². The number of aromatic nitrogens is 2. The number of hydrogen-bond donors (Lipinski definition) is 0. The van der Waals surface area contributed by atoms with Gasteiger partial charge in [0.1, 0.15) is 10.6 Å². The lowest BCUT2D eigenvalue weighted by Crippen LogP contribution is -2.26. The van der Waals surface area contributed by atoms with Gasteiger partial charge in [-0.1, -0.05) is 35.9 Å². The zero-order valence-corrected chi connectivity index (χ0v) is 19.3.